The molecule has 1 saturated heterocycles. The van der Waals surface area contributed by atoms with Gasteiger partial charge in [0.25, 0.3) is 5.91 Å². The number of nitrogens with one attached hydrogen (secondary N) is 1. The molecule has 0 bridgehead atoms. The lowest BCUT2D eigenvalue weighted by atomic mass is 9.85. The lowest BCUT2D eigenvalue weighted by Crippen LogP contribution is -2.47. The Labute approximate surface area is 138 Å². The van der Waals surface area contributed by atoms with E-state index in [9.17, 15) is 24.0 Å². The normalized spacial score (nSPS) is 25.0. The van der Waals surface area contributed by atoms with Crippen molar-refractivity contribution in [1.82, 2.24) is 10.2 Å². The van der Waals surface area contributed by atoms with E-state index >= 15 is 0 Å². The largest absolute Gasteiger partial charge is 0.451 e. The molecule has 4 atom stereocenters. The van der Waals surface area contributed by atoms with Gasteiger partial charge in [-0.15, -0.1) is 0 Å². The summed E-state index contributed by atoms with van der Waals surface area (Å²) >= 11 is 0. The van der Waals surface area contributed by atoms with Gasteiger partial charge in [0.15, 0.2) is 6.10 Å². The predicted molar refractivity (Wildman–Crippen MR) is 79.9 cm³/mol. The number of carbonyl (C=O) groups is 5. The fraction of sp³-hybridized carbons (Fsp3) is 0.533. The van der Waals surface area contributed by atoms with E-state index in [2.05, 4.69) is 0 Å². The van der Waals surface area contributed by atoms with Crippen molar-refractivity contribution in [2.75, 3.05) is 0 Å². The molecule has 1 fully saturated rings. The lowest BCUT2D eigenvalue weighted by molar-refractivity contribution is -0.163. The maximum Gasteiger partial charge on any atom is 0.329 e. The lowest BCUT2D eigenvalue weighted by Gasteiger charge is -2.23. The molecule has 0 spiro atoms. The van der Waals surface area contributed by atoms with Crippen LogP contribution in [0.5, 0.6) is 0 Å². The average molecular weight is 337 g/mol. The smallest absolute Gasteiger partial charge is 0.329 e. The minimum atomic E-state index is -1.29. The van der Waals surface area contributed by atoms with E-state index in [1.165, 1.54) is 13.8 Å². The van der Waals surface area contributed by atoms with Crippen LogP contribution in [0.2, 0.25) is 0 Å². The molecule has 2 aliphatic rings. The summed E-state index contributed by atoms with van der Waals surface area (Å²) in [6, 6.07) is -2.23. The first-order chi connectivity index (χ1) is 11.2. The number of nitrogens with zero attached hydrogens (tertiary/aromatic N) is 1. The van der Waals surface area contributed by atoms with Gasteiger partial charge >= 0.3 is 12.0 Å². The summed E-state index contributed by atoms with van der Waals surface area (Å²) < 4.78 is 4.92. The topological polar surface area (TPSA) is 136 Å². The first-order valence-electron chi connectivity index (χ1n) is 7.56. The number of primary amides is 1. The van der Waals surface area contributed by atoms with Gasteiger partial charge in [-0.05, 0) is 26.7 Å². The molecule has 0 radical (unpaired) electrons. The summed E-state index contributed by atoms with van der Waals surface area (Å²) in [7, 11) is 0. The van der Waals surface area contributed by atoms with Gasteiger partial charge in [-0.1, -0.05) is 12.2 Å². The quantitative estimate of drug-likeness (QED) is 0.401. The number of urea groups is 1. The van der Waals surface area contributed by atoms with E-state index < -0.39 is 53.7 Å². The monoisotopic (exact) mass is 337 g/mol. The van der Waals surface area contributed by atoms with E-state index in [1.807, 2.05) is 12.2 Å². The van der Waals surface area contributed by atoms with E-state index in [0.29, 0.717) is 12.8 Å². The van der Waals surface area contributed by atoms with E-state index in [1.54, 1.807) is 5.32 Å². The number of likely N-dealkylation sites (tertiary alicyclic amines) is 1. The number of hydrogen-bond acceptors (Lipinski definition) is 6. The van der Waals surface area contributed by atoms with Crippen molar-refractivity contribution < 1.29 is 28.7 Å². The molecule has 0 aromatic rings. The Morgan fingerprint density at radius 1 is 1.17 bits per heavy atom. The highest BCUT2D eigenvalue weighted by atomic mass is 16.5. The SMILES string of the molecule is C[C@@H](OC(=O)[C@H](C)N1C(=O)[C@H]2CC=CC[C@@H]2C1=O)C(=O)NC(N)=O. The number of rotatable bonds is 4. The molecular formula is C15H19N3O6. The fourth-order valence-electron chi connectivity index (χ4n) is 2.86. The van der Waals surface area contributed by atoms with Crippen LogP contribution in [-0.4, -0.2) is 46.8 Å². The number of esters is 1. The first kappa shape index (κ1) is 17.6. The Balaban J connectivity index is 2.03. The van der Waals surface area contributed by atoms with Crippen LogP contribution < -0.4 is 11.1 Å². The minimum absolute atomic E-state index is 0.409. The van der Waals surface area contributed by atoms with E-state index in [-0.39, 0.29) is 0 Å². The van der Waals surface area contributed by atoms with Gasteiger partial charge in [0.2, 0.25) is 11.8 Å². The second-order valence-corrected chi connectivity index (χ2v) is 5.81. The standard InChI is InChI=1S/C15H19N3O6/c1-7(14(22)24-8(2)11(19)17-15(16)23)18-12(20)9-5-3-4-6-10(9)13(18)21/h3-4,7-10H,5-6H2,1-2H3,(H3,16,17,19,23)/t7-,8+,9-,10-/m0/s1. The summed E-state index contributed by atoms with van der Waals surface area (Å²) in [5.41, 5.74) is 4.81. The first-order valence-corrected chi connectivity index (χ1v) is 7.56. The molecule has 9 heteroatoms. The summed E-state index contributed by atoms with van der Waals surface area (Å²) in [6.45, 7) is 2.61. The highest BCUT2D eigenvalue weighted by Crippen LogP contribution is 2.36. The molecule has 3 N–H and O–H groups in total. The molecule has 0 aromatic heterocycles. The van der Waals surface area contributed by atoms with Gasteiger partial charge in [-0.2, -0.15) is 0 Å². The van der Waals surface area contributed by atoms with Gasteiger partial charge in [-0.3, -0.25) is 24.6 Å². The Bertz CT molecular complexity index is 603. The van der Waals surface area contributed by atoms with Crippen molar-refractivity contribution in [1.29, 1.82) is 0 Å². The average Bonchev–Trinajstić information content (AvgIpc) is 2.78. The zero-order chi connectivity index (χ0) is 18.0. The van der Waals surface area contributed by atoms with Crippen LogP contribution in [0.4, 0.5) is 4.79 Å². The number of fused-ring (bicyclic) bond motifs is 1. The van der Waals surface area contributed by atoms with Crippen LogP contribution in [0.3, 0.4) is 0 Å². The molecule has 5 amide bonds. The number of hydrogen-bond donors (Lipinski definition) is 2. The number of nitrogens with two attached hydrogens (primary N) is 1. The van der Waals surface area contributed by atoms with Crippen molar-refractivity contribution in [3.8, 4) is 0 Å². The number of ether oxygens (including phenoxy) is 1. The van der Waals surface area contributed by atoms with Crippen molar-refractivity contribution in [3.05, 3.63) is 12.2 Å². The van der Waals surface area contributed by atoms with E-state index in [0.717, 1.165) is 4.90 Å². The van der Waals surface area contributed by atoms with Crippen LogP contribution in [0.25, 0.3) is 0 Å². The van der Waals surface area contributed by atoms with Crippen molar-refractivity contribution in [2.24, 2.45) is 17.6 Å². The van der Waals surface area contributed by atoms with Crippen molar-refractivity contribution >= 4 is 29.7 Å². The third-order valence-electron chi connectivity index (χ3n) is 4.18. The number of carbonyl (C=O) groups excluding carboxylic acids is 5. The predicted octanol–water partition coefficient (Wildman–Crippen LogP) is -0.547. The third-order valence-corrected chi connectivity index (χ3v) is 4.18. The molecular weight excluding hydrogens is 318 g/mol. The molecule has 24 heavy (non-hydrogen) atoms. The molecule has 1 heterocycles. The summed E-state index contributed by atoms with van der Waals surface area (Å²) in [6.07, 6.45) is 3.32. The van der Waals surface area contributed by atoms with Gasteiger partial charge in [-0.25, -0.2) is 9.59 Å². The van der Waals surface area contributed by atoms with E-state index in [4.69, 9.17) is 10.5 Å². The Morgan fingerprint density at radius 2 is 1.67 bits per heavy atom. The van der Waals surface area contributed by atoms with Crippen LogP contribution in [0, 0.1) is 11.8 Å². The number of amides is 5. The summed E-state index contributed by atoms with van der Waals surface area (Å²) in [5.74, 6) is -3.52. The number of imide groups is 2. The van der Waals surface area contributed by atoms with Gasteiger partial charge in [0.1, 0.15) is 6.04 Å². The highest BCUT2D eigenvalue weighted by Gasteiger charge is 2.50. The van der Waals surface area contributed by atoms with Crippen LogP contribution in [0.15, 0.2) is 12.2 Å². The summed E-state index contributed by atoms with van der Waals surface area (Å²) in [5, 5.41) is 1.78. The third kappa shape index (κ3) is 3.29. The van der Waals surface area contributed by atoms with Gasteiger partial charge in [0.05, 0.1) is 11.8 Å². The zero-order valence-electron chi connectivity index (χ0n) is 13.4. The second-order valence-electron chi connectivity index (χ2n) is 5.81. The van der Waals surface area contributed by atoms with Crippen molar-refractivity contribution in [3.63, 3.8) is 0 Å². The Kier molecular flexibility index (Phi) is 5.01. The summed E-state index contributed by atoms with van der Waals surface area (Å²) in [4.78, 5) is 60.0. The highest BCUT2D eigenvalue weighted by molar-refractivity contribution is 6.08. The Hall–Kier alpha value is -2.71. The van der Waals surface area contributed by atoms with Gasteiger partial charge in [0, 0.05) is 0 Å². The fourth-order valence-corrected chi connectivity index (χ4v) is 2.86. The molecule has 2 rings (SSSR count). The molecule has 1 aliphatic carbocycles. The van der Waals surface area contributed by atoms with Gasteiger partial charge < -0.3 is 10.5 Å². The molecule has 130 valence electrons. The molecule has 9 nitrogen and oxygen atoms in total. The van der Waals surface area contributed by atoms with Crippen molar-refractivity contribution in [2.45, 2.75) is 38.8 Å². The maximum absolute atomic E-state index is 12.4. The van der Waals surface area contributed by atoms with Crippen LogP contribution in [-0.2, 0) is 23.9 Å². The minimum Gasteiger partial charge on any atom is -0.451 e. The second kappa shape index (κ2) is 6.81. The number of allylic oxidation sites excluding steroid dienone is 2. The molecule has 0 saturated carbocycles. The molecule has 1 aliphatic heterocycles. The Morgan fingerprint density at radius 3 is 2.12 bits per heavy atom. The molecule has 0 aromatic carbocycles. The van der Waals surface area contributed by atoms with Crippen LogP contribution >= 0.6 is 0 Å². The zero-order valence-corrected chi connectivity index (χ0v) is 13.4. The molecule has 0 unspecified atom stereocenters. The van der Waals surface area contributed by atoms with Crippen LogP contribution in [0.1, 0.15) is 26.7 Å². The maximum atomic E-state index is 12.4.